The number of carbonyl (C=O) groups excluding carboxylic acids is 2. The van der Waals surface area contributed by atoms with E-state index in [1.807, 2.05) is 0 Å². The summed E-state index contributed by atoms with van der Waals surface area (Å²) in [6.07, 6.45) is 7.83. The van der Waals surface area contributed by atoms with Gasteiger partial charge < -0.3 is 20.0 Å². The Bertz CT molecular complexity index is 848. The molecule has 7 heteroatoms. The Morgan fingerprint density at radius 2 is 1.93 bits per heavy atom. The lowest BCUT2D eigenvalue weighted by Crippen LogP contribution is -2.29. The first-order valence-electron chi connectivity index (χ1n) is 9.73. The third kappa shape index (κ3) is 5.45. The number of aromatic amines is 2. The standard InChI is InChI=1S/C20H27N3O4/c1-13(27-18(24)9-5-8-14-6-3-2-4-7-14)19(25)21-15-10-11-16-17(12-15)23-20(26)22-16/h10-14H,2-9H2,1H3,(H,21,25)(H2,22,23,26)/t13-/m1/s1. The predicted octanol–water partition coefficient (Wildman–Crippen LogP) is 3.48. The van der Waals surface area contributed by atoms with E-state index >= 15 is 0 Å². The van der Waals surface area contributed by atoms with Gasteiger partial charge in [0.25, 0.3) is 5.91 Å². The molecule has 7 nitrogen and oxygen atoms in total. The highest BCUT2D eigenvalue weighted by Crippen LogP contribution is 2.27. The van der Waals surface area contributed by atoms with E-state index in [0.29, 0.717) is 23.1 Å². The molecule has 1 atom stereocenters. The molecular formula is C20H27N3O4. The summed E-state index contributed by atoms with van der Waals surface area (Å²) in [5.74, 6) is 0.00815. The maximum Gasteiger partial charge on any atom is 0.323 e. The second kappa shape index (κ2) is 8.88. The molecule has 1 aromatic carbocycles. The van der Waals surface area contributed by atoms with E-state index in [-0.39, 0.29) is 11.7 Å². The predicted molar refractivity (Wildman–Crippen MR) is 104 cm³/mol. The van der Waals surface area contributed by atoms with Crippen molar-refractivity contribution in [3.05, 3.63) is 28.7 Å². The minimum absolute atomic E-state index is 0.302. The van der Waals surface area contributed by atoms with Gasteiger partial charge in [-0.2, -0.15) is 0 Å². The number of H-pyrrole nitrogens is 2. The lowest BCUT2D eigenvalue weighted by Gasteiger charge is -2.21. The lowest BCUT2D eigenvalue weighted by atomic mass is 9.86. The molecule has 1 saturated carbocycles. The van der Waals surface area contributed by atoms with Gasteiger partial charge in [0.2, 0.25) is 0 Å². The molecule has 1 aliphatic carbocycles. The van der Waals surface area contributed by atoms with E-state index in [0.717, 1.165) is 18.8 Å². The van der Waals surface area contributed by atoms with E-state index < -0.39 is 12.0 Å². The van der Waals surface area contributed by atoms with Crippen molar-refractivity contribution in [3.63, 3.8) is 0 Å². The number of anilines is 1. The van der Waals surface area contributed by atoms with Gasteiger partial charge in [0.1, 0.15) is 0 Å². The van der Waals surface area contributed by atoms with Crippen molar-refractivity contribution in [2.24, 2.45) is 5.92 Å². The Balaban J connectivity index is 1.43. The molecule has 0 unspecified atom stereocenters. The van der Waals surface area contributed by atoms with E-state index in [2.05, 4.69) is 15.3 Å². The van der Waals surface area contributed by atoms with Gasteiger partial charge in [0.05, 0.1) is 11.0 Å². The van der Waals surface area contributed by atoms with Crippen molar-refractivity contribution in [3.8, 4) is 0 Å². The molecule has 3 N–H and O–H groups in total. The van der Waals surface area contributed by atoms with Crippen LogP contribution in [-0.4, -0.2) is 27.9 Å². The average molecular weight is 373 g/mol. The third-order valence-electron chi connectivity index (χ3n) is 5.18. The Morgan fingerprint density at radius 1 is 1.19 bits per heavy atom. The number of rotatable bonds is 7. The SMILES string of the molecule is C[C@@H](OC(=O)CCCC1CCCCC1)C(=O)Nc1ccc2[nH]c(=O)[nH]c2c1. The Morgan fingerprint density at radius 3 is 2.70 bits per heavy atom. The molecule has 2 aromatic rings. The quantitative estimate of drug-likeness (QED) is 0.646. The normalized spacial score (nSPS) is 16.2. The third-order valence-corrected chi connectivity index (χ3v) is 5.18. The highest BCUT2D eigenvalue weighted by Gasteiger charge is 2.19. The van der Waals surface area contributed by atoms with Gasteiger partial charge in [0.15, 0.2) is 6.10 Å². The summed E-state index contributed by atoms with van der Waals surface area (Å²) in [6, 6.07) is 5.04. The second-order valence-corrected chi connectivity index (χ2v) is 7.36. The van der Waals surface area contributed by atoms with Crippen LogP contribution >= 0.6 is 0 Å². The first-order valence-corrected chi connectivity index (χ1v) is 9.73. The zero-order chi connectivity index (χ0) is 19.2. The van der Waals surface area contributed by atoms with Crippen molar-refractivity contribution in [1.29, 1.82) is 0 Å². The van der Waals surface area contributed by atoms with E-state index in [9.17, 15) is 14.4 Å². The molecule has 0 bridgehead atoms. The van der Waals surface area contributed by atoms with Gasteiger partial charge in [-0.1, -0.05) is 32.1 Å². The summed E-state index contributed by atoms with van der Waals surface area (Å²) in [4.78, 5) is 40.8. The lowest BCUT2D eigenvalue weighted by molar-refractivity contribution is -0.153. The molecule has 1 aliphatic rings. The highest BCUT2D eigenvalue weighted by molar-refractivity contribution is 5.96. The zero-order valence-corrected chi connectivity index (χ0v) is 15.7. The monoisotopic (exact) mass is 373 g/mol. The molecule has 0 radical (unpaired) electrons. The van der Waals surface area contributed by atoms with Crippen molar-refractivity contribution in [1.82, 2.24) is 9.97 Å². The molecule has 146 valence electrons. The zero-order valence-electron chi connectivity index (χ0n) is 15.7. The minimum atomic E-state index is -0.867. The highest BCUT2D eigenvalue weighted by atomic mass is 16.5. The van der Waals surface area contributed by atoms with Gasteiger partial charge in [-0.05, 0) is 43.9 Å². The summed E-state index contributed by atoms with van der Waals surface area (Å²) < 4.78 is 5.25. The van der Waals surface area contributed by atoms with E-state index in [1.165, 1.54) is 32.1 Å². The van der Waals surface area contributed by atoms with Crippen LogP contribution in [0, 0.1) is 5.92 Å². The number of aromatic nitrogens is 2. The van der Waals surface area contributed by atoms with Gasteiger partial charge in [-0.3, -0.25) is 9.59 Å². The van der Waals surface area contributed by atoms with E-state index in [1.54, 1.807) is 25.1 Å². The van der Waals surface area contributed by atoms with Gasteiger partial charge in [-0.15, -0.1) is 0 Å². The first kappa shape index (κ1) is 19.2. The molecule has 1 fully saturated rings. The van der Waals surface area contributed by atoms with Crippen LogP contribution in [0.1, 0.15) is 58.3 Å². The number of carbonyl (C=O) groups is 2. The fraction of sp³-hybridized carbons (Fsp3) is 0.550. The summed E-state index contributed by atoms with van der Waals surface area (Å²) in [5, 5.41) is 2.70. The van der Waals surface area contributed by atoms with Crippen molar-refractivity contribution < 1.29 is 14.3 Å². The van der Waals surface area contributed by atoms with Gasteiger partial charge >= 0.3 is 11.7 Å². The maximum atomic E-state index is 12.2. The van der Waals surface area contributed by atoms with Crippen LogP contribution < -0.4 is 11.0 Å². The van der Waals surface area contributed by atoms with Crippen molar-refractivity contribution in [2.75, 3.05) is 5.32 Å². The van der Waals surface area contributed by atoms with Crippen LogP contribution in [0.3, 0.4) is 0 Å². The molecular weight excluding hydrogens is 346 g/mol. The summed E-state index contributed by atoms with van der Waals surface area (Å²) in [5.41, 5.74) is 1.49. The Labute approximate surface area is 157 Å². The van der Waals surface area contributed by atoms with Crippen molar-refractivity contribution >= 4 is 28.6 Å². The summed E-state index contributed by atoms with van der Waals surface area (Å²) >= 11 is 0. The molecule has 1 heterocycles. The Hall–Kier alpha value is -2.57. The van der Waals surface area contributed by atoms with Crippen LogP contribution in [-0.2, 0) is 14.3 Å². The molecule has 0 saturated heterocycles. The number of fused-ring (bicyclic) bond motifs is 1. The summed E-state index contributed by atoms with van der Waals surface area (Å²) in [6.45, 7) is 1.56. The number of nitrogens with one attached hydrogen (secondary N) is 3. The average Bonchev–Trinajstić information content (AvgIpc) is 3.01. The molecule has 1 aromatic heterocycles. The smallest absolute Gasteiger partial charge is 0.323 e. The number of amides is 1. The van der Waals surface area contributed by atoms with Gasteiger partial charge in [0, 0.05) is 12.1 Å². The van der Waals surface area contributed by atoms with Crippen molar-refractivity contribution in [2.45, 2.75) is 64.4 Å². The van der Waals surface area contributed by atoms with Crippen LogP contribution in [0.4, 0.5) is 5.69 Å². The van der Waals surface area contributed by atoms with Gasteiger partial charge in [-0.25, -0.2) is 4.79 Å². The Kier molecular flexibility index (Phi) is 6.32. The van der Waals surface area contributed by atoms with Crippen LogP contribution in [0.15, 0.2) is 23.0 Å². The molecule has 3 rings (SSSR count). The molecule has 27 heavy (non-hydrogen) atoms. The first-order chi connectivity index (χ1) is 13.0. The number of benzene rings is 1. The number of ether oxygens (including phenoxy) is 1. The number of imidazole rings is 1. The molecule has 0 aliphatic heterocycles. The second-order valence-electron chi connectivity index (χ2n) is 7.36. The van der Waals surface area contributed by atoms with E-state index in [4.69, 9.17) is 4.74 Å². The van der Waals surface area contributed by atoms with Crippen LogP contribution in [0.5, 0.6) is 0 Å². The van der Waals surface area contributed by atoms with Crippen LogP contribution in [0.25, 0.3) is 11.0 Å². The summed E-state index contributed by atoms with van der Waals surface area (Å²) in [7, 11) is 0. The molecule has 1 amide bonds. The topological polar surface area (TPSA) is 104 Å². The molecule has 0 spiro atoms. The fourth-order valence-electron chi connectivity index (χ4n) is 3.67. The number of esters is 1. The van der Waals surface area contributed by atoms with Crippen LogP contribution in [0.2, 0.25) is 0 Å². The number of hydrogen-bond acceptors (Lipinski definition) is 4. The number of hydrogen-bond donors (Lipinski definition) is 3. The minimum Gasteiger partial charge on any atom is -0.453 e. The largest absolute Gasteiger partial charge is 0.453 e. The maximum absolute atomic E-state index is 12.2. The fourth-order valence-corrected chi connectivity index (χ4v) is 3.67.